The number of piperidine rings is 1. The molecule has 2 aromatic carbocycles. The maximum absolute atomic E-state index is 13.1. The van der Waals surface area contributed by atoms with Gasteiger partial charge in [0.15, 0.2) is 0 Å². The van der Waals surface area contributed by atoms with Crippen molar-refractivity contribution in [2.45, 2.75) is 31.0 Å². The summed E-state index contributed by atoms with van der Waals surface area (Å²) in [4.78, 5) is 26.5. The third kappa shape index (κ3) is 6.95. The monoisotopic (exact) mass is 494 g/mol. The topological polar surface area (TPSA) is 79.3 Å². The summed E-state index contributed by atoms with van der Waals surface area (Å²) in [5.41, 5.74) is 0.878. The van der Waals surface area contributed by atoms with E-state index in [4.69, 9.17) is 19.4 Å². The third-order valence-corrected chi connectivity index (χ3v) is 6.25. The average molecular weight is 495 g/mol. The fourth-order valence-corrected chi connectivity index (χ4v) is 4.36. The predicted octanol–water partition coefficient (Wildman–Crippen LogP) is 4.44. The predicted molar refractivity (Wildman–Crippen MR) is 123 cm³/mol. The molecule has 2 aromatic rings. The summed E-state index contributed by atoms with van der Waals surface area (Å²) < 4.78 is 42.8. The molecule has 0 radical (unpaired) electrons. The standard InChI is InChI=1S/C23H28N2O3.C2HF3O2/c1-27-17-16-25-15-13-23(25)12-5-14-24(18-23)22(26)19-8-10-21(11-9-19)28-20-6-3-2-4-7-20;3-2(4,5)1(6)7/h2-4,6-11H,5,12-18H2,1H3;(H,6,7). The Morgan fingerprint density at radius 3 is 2.17 bits per heavy atom. The van der Waals surface area contributed by atoms with Crippen molar-refractivity contribution in [2.75, 3.05) is 39.9 Å². The number of aliphatic carboxylic acids is 1. The molecule has 2 saturated heterocycles. The van der Waals surface area contributed by atoms with Gasteiger partial charge in [0.2, 0.25) is 0 Å². The van der Waals surface area contributed by atoms with Crippen LogP contribution in [0.2, 0.25) is 0 Å². The molecule has 2 aliphatic rings. The molecule has 2 heterocycles. The first-order valence-electron chi connectivity index (χ1n) is 11.3. The maximum Gasteiger partial charge on any atom is 0.490 e. The van der Waals surface area contributed by atoms with Crippen molar-refractivity contribution in [3.63, 3.8) is 0 Å². The number of hydrogen-bond acceptors (Lipinski definition) is 5. The number of methoxy groups -OCH3 is 1. The quantitative estimate of drug-likeness (QED) is 0.640. The van der Waals surface area contributed by atoms with E-state index in [1.807, 2.05) is 59.5 Å². The summed E-state index contributed by atoms with van der Waals surface area (Å²) in [7, 11) is 1.74. The molecule has 190 valence electrons. The molecule has 1 atom stereocenters. The Hall–Kier alpha value is -3.11. The average Bonchev–Trinajstić information content (AvgIpc) is 2.84. The van der Waals surface area contributed by atoms with Gasteiger partial charge < -0.3 is 19.5 Å². The molecule has 0 saturated carbocycles. The Morgan fingerprint density at radius 2 is 1.63 bits per heavy atom. The molecule has 35 heavy (non-hydrogen) atoms. The summed E-state index contributed by atoms with van der Waals surface area (Å²) >= 11 is 0. The van der Waals surface area contributed by atoms with Crippen molar-refractivity contribution < 1.29 is 37.3 Å². The minimum absolute atomic E-state index is 0.115. The first kappa shape index (κ1) is 26.5. The Balaban J connectivity index is 0.000000429. The van der Waals surface area contributed by atoms with Gasteiger partial charge in [-0.25, -0.2) is 4.79 Å². The summed E-state index contributed by atoms with van der Waals surface area (Å²) in [6.07, 6.45) is -1.68. The molecular formula is C25H29F3N2O5. The molecule has 1 N–H and O–H groups in total. The minimum atomic E-state index is -5.08. The van der Waals surface area contributed by atoms with Gasteiger partial charge in [-0.15, -0.1) is 0 Å². The zero-order chi connectivity index (χ0) is 25.5. The van der Waals surface area contributed by atoms with Crippen LogP contribution in [0.3, 0.4) is 0 Å². The van der Waals surface area contributed by atoms with Crippen molar-refractivity contribution >= 4 is 11.9 Å². The number of ether oxygens (including phenoxy) is 2. The second-order valence-electron chi connectivity index (χ2n) is 8.53. The zero-order valence-corrected chi connectivity index (χ0v) is 19.5. The van der Waals surface area contributed by atoms with Gasteiger partial charge in [-0.2, -0.15) is 13.2 Å². The molecular weight excluding hydrogens is 465 g/mol. The molecule has 0 bridgehead atoms. The second-order valence-corrected chi connectivity index (χ2v) is 8.53. The lowest BCUT2D eigenvalue weighted by molar-refractivity contribution is -0.192. The van der Waals surface area contributed by atoms with Crippen LogP contribution < -0.4 is 4.74 Å². The molecule has 4 rings (SSSR count). The van der Waals surface area contributed by atoms with Crippen LogP contribution in [0, 0.1) is 0 Å². The lowest BCUT2D eigenvalue weighted by Gasteiger charge is -2.57. The largest absolute Gasteiger partial charge is 0.490 e. The van der Waals surface area contributed by atoms with Crippen molar-refractivity contribution in [1.82, 2.24) is 9.80 Å². The highest BCUT2D eigenvalue weighted by molar-refractivity contribution is 5.94. The van der Waals surface area contributed by atoms with E-state index in [0.717, 1.165) is 56.3 Å². The van der Waals surface area contributed by atoms with Gasteiger partial charge in [0.05, 0.1) is 6.61 Å². The molecule has 1 spiro atoms. The van der Waals surface area contributed by atoms with Crippen LogP contribution >= 0.6 is 0 Å². The molecule has 2 fully saturated rings. The van der Waals surface area contributed by atoms with Crippen molar-refractivity contribution in [3.8, 4) is 11.5 Å². The highest BCUT2D eigenvalue weighted by Crippen LogP contribution is 2.38. The molecule has 0 aliphatic carbocycles. The van der Waals surface area contributed by atoms with E-state index in [2.05, 4.69) is 4.90 Å². The number of carbonyl (C=O) groups excluding carboxylic acids is 1. The normalized spacial score (nSPS) is 19.9. The number of halogens is 3. The highest BCUT2D eigenvalue weighted by atomic mass is 19.4. The first-order valence-corrected chi connectivity index (χ1v) is 11.3. The minimum Gasteiger partial charge on any atom is -0.475 e. The van der Waals surface area contributed by atoms with E-state index in [-0.39, 0.29) is 11.4 Å². The summed E-state index contributed by atoms with van der Waals surface area (Å²) in [6, 6.07) is 17.1. The van der Waals surface area contributed by atoms with Gasteiger partial charge in [-0.05, 0) is 55.7 Å². The van der Waals surface area contributed by atoms with Crippen molar-refractivity contribution in [3.05, 3.63) is 60.2 Å². The zero-order valence-electron chi connectivity index (χ0n) is 19.5. The van der Waals surface area contributed by atoms with E-state index in [1.54, 1.807) is 7.11 Å². The van der Waals surface area contributed by atoms with E-state index < -0.39 is 12.1 Å². The summed E-state index contributed by atoms with van der Waals surface area (Å²) in [5.74, 6) is -1.11. The van der Waals surface area contributed by atoms with Gasteiger partial charge in [-0.3, -0.25) is 9.69 Å². The lowest BCUT2D eigenvalue weighted by Crippen LogP contribution is -2.67. The number of carboxylic acid groups (broad SMARTS) is 1. The van der Waals surface area contributed by atoms with Gasteiger partial charge >= 0.3 is 12.1 Å². The van der Waals surface area contributed by atoms with Crippen LogP contribution in [0.25, 0.3) is 0 Å². The van der Waals surface area contributed by atoms with Crippen LogP contribution in [0.4, 0.5) is 13.2 Å². The number of benzene rings is 2. The Kier molecular flexibility index (Phi) is 8.74. The number of rotatable bonds is 6. The van der Waals surface area contributed by atoms with Gasteiger partial charge in [0, 0.05) is 44.4 Å². The smallest absolute Gasteiger partial charge is 0.475 e. The number of carboxylic acids is 1. The second kappa shape index (κ2) is 11.5. The Bertz CT molecular complexity index is 985. The number of likely N-dealkylation sites (tertiary alicyclic amines) is 2. The van der Waals surface area contributed by atoms with Crippen LogP contribution in [0.1, 0.15) is 29.6 Å². The molecule has 2 aliphatic heterocycles. The van der Waals surface area contributed by atoms with Crippen molar-refractivity contribution in [2.24, 2.45) is 0 Å². The van der Waals surface area contributed by atoms with Crippen LogP contribution in [0.5, 0.6) is 11.5 Å². The fourth-order valence-electron chi connectivity index (χ4n) is 4.36. The summed E-state index contributed by atoms with van der Waals surface area (Å²) in [6.45, 7) is 4.46. The van der Waals surface area contributed by atoms with E-state index in [9.17, 15) is 18.0 Å². The number of carbonyl (C=O) groups is 2. The van der Waals surface area contributed by atoms with Crippen LogP contribution in [-0.4, -0.2) is 78.4 Å². The van der Waals surface area contributed by atoms with Gasteiger partial charge in [-0.1, -0.05) is 18.2 Å². The first-order chi connectivity index (χ1) is 16.6. The number of hydrogen-bond donors (Lipinski definition) is 1. The number of alkyl halides is 3. The third-order valence-electron chi connectivity index (χ3n) is 6.25. The van der Waals surface area contributed by atoms with Crippen molar-refractivity contribution in [1.29, 1.82) is 0 Å². The lowest BCUT2D eigenvalue weighted by atomic mass is 9.77. The van der Waals surface area contributed by atoms with Gasteiger partial charge in [0.25, 0.3) is 5.91 Å². The Labute approximate surface area is 202 Å². The molecule has 0 aromatic heterocycles. The SMILES string of the molecule is COCCN1CCC12CCCN(C(=O)c1ccc(Oc3ccccc3)cc1)C2.O=C(O)C(F)(F)F. The summed E-state index contributed by atoms with van der Waals surface area (Å²) in [5, 5.41) is 7.12. The number of nitrogens with zero attached hydrogens (tertiary/aromatic N) is 2. The van der Waals surface area contributed by atoms with Gasteiger partial charge in [0.1, 0.15) is 11.5 Å². The van der Waals surface area contributed by atoms with Crippen LogP contribution in [-0.2, 0) is 9.53 Å². The molecule has 7 nitrogen and oxygen atoms in total. The van der Waals surface area contributed by atoms with E-state index in [0.29, 0.717) is 0 Å². The van der Waals surface area contributed by atoms with Crippen LogP contribution in [0.15, 0.2) is 54.6 Å². The molecule has 10 heteroatoms. The maximum atomic E-state index is 13.1. The molecule has 1 unspecified atom stereocenters. The highest BCUT2D eigenvalue weighted by Gasteiger charge is 2.47. The van der Waals surface area contributed by atoms with E-state index >= 15 is 0 Å². The number of amides is 1. The molecule has 1 amide bonds. The van der Waals surface area contributed by atoms with E-state index in [1.165, 1.54) is 12.8 Å². The number of para-hydroxylation sites is 1. The Morgan fingerprint density at radius 1 is 1.00 bits per heavy atom. The fraction of sp³-hybridized carbons (Fsp3) is 0.440.